The van der Waals surface area contributed by atoms with Crippen molar-refractivity contribution in [3.63, 3.8) is 0 Å². The van der Waals surface area contributed by atoms with Gasteiger partial charge < -0.3 is 9.30 Å². The van der Waals surface area contributed by atoms with Crippen molar-refractivity contribution in [2.75, 3.05) is 20.3 Å². The highest BCUT2D eigenvalue weighted by Gasteiger charge is 2.33. The average Bonchev–Trinajstić information content (AvgIpc) is 3.34. The van der Waals surface area contributed by atoms with Gasteiger partial charge in [0.25, 0.3) is 0 Å². The molecule has 1 aromatic carbocycles. The molecule has 5 heteroatoms. The molecule has 5 rings (SSSR count). The van der Waals surface area contributed by atoms with Crippen LogP contribution in [0.5, 0.6) is 0 Å². The highest BCUT2D eigenvalue weighted by molar-refractivity contribution is 5.72. The van der Waals surface area contributed by atoms with Crippen LogP contribution in [0.15, 0.2) is 42.7 Å². The Morgan fingerprint density at radius 2 is 1.68 bits per heavy atom. The van der Waals surface area contributed by atoms with Crippen molar-refractivity contribution in [3.8, 4) is 22.6 Å². The van der Waals surface area contributed by atoms with Gasteiger partial charge in [-0.05, 0) is 74.2 Å². The van der Waals surface area contributed by atoms with E-state index in [4.69, 9.17) is 9.72 Å². The van der Waals surface area contributed by atoms with Crippen molar-refractivity contribution in [1.29, 1.82) is 0 Å². The van der Waals surface area contributed by atoms with Crippen LogP contribution in [0.1, 0.15) is 82.0 Å². The molecular formula is C33H46N4O. The second kappa shape index (κ2) is 13.0. The number of piperidine rings is 1. The van der Waals surface area contributed by atoms with Gasteiger partial charge in [0.1, 0.15) is 5.82 Å². The molecule has 1 atom stereocenters. The number of rotatable bonds is 10. The maximum Gasteiger partial charge on any atom is 0.141 e. The third kappa shape index (κ3) is 5.74. The first-order chi connectivity index (χ1) is 18.7. The molecule has 0 spiro atoms. The number of pyridine rings is 1. The third-order valence-corrected chi connectivity index (χ3v) is 8.96. The quantitative estimate of drug-likeness (QED) is 0.284. The van der Waals surface area contributed by atoms with Crippen LogP contribution < -0.4 is 0 Å². The molecule has 5 nitrogen and oxygen atoms in total. The van der Waals surface area contributed by atoms with Gasteiger partial charge in [0, 0.05) is 49.8 Å². The summed E-state index contributed by atoms with van der Waals surface area (Å²) in [6.45, 7) is 8.11. The van der Waals surface area contributed by atoms with E-state index in [1.807, 2.05) is 18.5 Å². The lowest BCUT2D eigenvalue weighted by Crippen LogP contribution is -2.44. The zero-order chi connectivity index (χ0) is 26.3. The molecule has 0 amide bonds. The van der Waals surface area contributed by atoms with E-state index in [9.17, 15) is 0 Å². The minimum absolute atomic E-state index is 0.671. The number of nitrogens with zero attached hydrogens (tertiary/aromatic N) is 4. The number of benzene rings is 1. The number of aryl methyl sites for hydroxylation is 2. The summed E-state index contributed by atoms with van der Waals surface area (Å²) in [6.07, 6.45) is 16.8. The Morgan fingerprint density at radius 3 is 2.37 bits per heavy atom. The van der Waals surface area contributed by atoms with Crippen LogP contribution >= 0.6 is 0 Å². The Balaban J connectivity index is 1.64. The first-order valence-electron chi connectivity index (χ1n) is 15.1. The molecule has 1 aliphatic heterocycles. The smallest absolute Gasteiger partial charge is 0.141 e. The number of methoxy groups -OCH3 is 1. The third-order valence-electron chi connectivity index (χ3n) is 8.96. The lowest BCUT2D eigenvalue weighted by Gasteiger charge is -2.42. The minimum atomic E-state index is 0.671. The van der Waals surface area contributed by atoms with Crippen LogP contribution in [0.3, 0.4) is 0 Å². The van der Waals surface area contributed by atoms with Gasteiger partial charge in [0.05, 0.1) is 18.0 Å². The lowest BCUT2D eigenvalue weighted by atomic mass is 9.80. The number of likely N-dealkylation sites (tertiary alicyclic amines) is 1. The molecule has 0 radical (unpaired) electrons. The molecule has 2 fully saturated rings. The van der Waals surface area contributed by atoms with E-state index in [-0.39, 0.29) is 0 Å². The highest BCUT2D eigenvalue weighted by atomic mass is 16.5. The maximum atomic E-state index is 5.65. The molecule has 2 aromatic heterocycles. The van der Waals surface area contributed by atoms with Crippen molar-refractivity contribution in [3.05, 3.63) is 59.5 Å². The van der Waals surface area contributed by atoms with Gasteiger partial charge in [0.15, 0.2) is 0 Å². The fourth-order valence-electron chi connectivity index (χ4n) is 6.98. The highest BCUT2D eigenvalue weighted by Crippen LogP contribution is 2.38. The standard InChI is InChI=1S/C33H46N4O/c1-4-25-15-11-16-26(5-2)31(25)33-35-32(28-17-12-19-34-23-28)30(37(33)21-22-38-3)24-36-20-10-9-18-29(36)27-13-7-6-8-14-27/h11-12,15-17,19,23,27,29H,4-10,13-14,18,20-22,24H2,1-3H3. The Morgan fingerprint density at radius 1 is 0.921 bits per heavy atom. The van der Waals surface area contributed by atoms with Crippen LogP contribution in [-0.4, -0.2) is 45.7 Å². The summed E-state index contributed by atoms with van der Waals surface area (Å²) >= 11 is 0. The predicted molar refractivity (Wildman–Crippen MR) is 156 cm³/mol. The molecule has 3 heterocycles. The van der Waals surface area contributed by atoms with Crippen molar-refractivity contribution in [1.82, 2.24) is 19.4 Å². The summed E-state index contributed by atoms with van der Waals surface area (Å²) in [5.74, 6) is 1.93. The largest absolute Gasteiger partial charge is 0.383 e. The molecular weight excluding hydrogens is 468 g/mol. The summed E-state index contributed by atoms with van der Waals surface area (Å²) in [5, 5.41) is 0. The van der Waals surface area contributed by atoms with Crippen LogP contribution in [0.25, 0.3) is 22.6 Å². The van der Waals surface area contributed by atoms with Crippen molar-refractivity contribution >= 4 is 0 Å². The summed E-state index contributed by atoms with van der Waals surface area (Å²) < 4.78 is 8.14. The van der Waals surface area contributed by atoms with Crippen LogP contribution in [0.4, 0.5) is 0 Å². The first-order valence-corrected chi connectivity index (χ1v) is 15.1. The molecule has 38 heavy (non-hydrogen) atoms. The summed E-state index contributed by atoms with van der Waals surface area (Å²) in [4.78, 5) is 12.8. The Kier molecular flexibility index (Phi) is 9.29. The van der Waals surface area contributed by atoms with Crippen molar-refractivity contribution in [2.45, 2.75) is 97.2 Å². The number of ether oxygens (including phenoxy) is 1. The fourth-order valence-corrected chi connectivity index (χ4v) is 6.98. The van der Waals surface area contributed by atoms with Gasteiger partial charge in [-0.2, -0.15) is 0 Å². The molecule has 2 aliphatic rings. The van der Waals surface area contributed by atoms with Crippen LogP contribution in [0, 0.1) is 5.92 Å². The number of aromatic nitrogens is 3. The summed E-state index contributed by atoms with van der Waals surface area (Å²) in [7, 11) is 1.81. The molecule has 1 saturated carbocycles. The Hall–Kier alpha value is -2.50. The second-order valence-corrected chi connectivity index (χ2v) is 11.2. The molecule has 204 valence electrons. The second-order valence-electron chi connectivity index (χ2n) is 11.2. The van der Waals surface area contributed by atoms with Gasteiger partial charge in [-0.25, -0.2) is 4.98 Å². The summed E-state index contributed by atoms with van der Waals surface area (Å²) in [5.41, 5.74) is 7.57. The predicted octanol–water partition coefficient (Wildman–Crippen LogP) is 7.32. The van der Waals surface area contributed by atoms with E-state index >= 15 is 0 Å². The average molecular weight is 515 g/mol. The van der Waals surface area contributed by atoms with Crippen molar-refractivity contribution < 1.29 is 4.74 Å². The van der Waals surface area contributed by atoms with Gasteiger partial charge in [-0.15, -0.1) is 0 Å². The van der Waals surface area contributed by atoms with E-state index in [1.54, 1.807) is 7.11 Å². The maximum absolute atomic E-state index is 5.65. The Bertz CT molecular complexity index is 1140. The van der Waals surface area contributed by atoms with E-state index in [2.05, 4.69) is 52.6 Å². The zero-order valence-electron chi connectivity index (χ0n) is 23.8. The zero-order valence-corrected chi connectivity index (χ0v) is 23.8. The van der Waals surface area contributed by atoms with Gasteiger partial charge in [-0.1, -0.05) is 57.7 Å². The monoisotopic (exact) mass is 514 g/mol. The summed E-state index contributed by atoms with van der Waals surface area (Å²) in [6, 6.07) is 11.7. The number of hydrogen-bond acceptors (Lipinski definition) is 4. The van der Waals surface area contributed by atoms with Gasteiger partial charge >= 0.3 is 0 Å². The molecule has 1 saturated heterocycles. The SMILES string of the molecule is CCc1cccc(CC)c1-c1nc(-c2cccnc2)c(CN2CCCCC2C2CCCCC2)n1CCOC. The topological polar surface area (TPSA) is 43.2 Å². The number of hydrogen-bond donors (Lipinski definition) is 0. The van der Waals surface area contributed by atoms with E-state index in [1.165, 1.54) is 80.3 Å². The van der Waals surface area contributed by atoms with E-state index in [0.717, 1.165) is 48.9 Å². The van der Waals surface area contributed by atoms with Crippen LogP contribution in [-0.2, 0) is 30.7 Å². The molecule has 1 aliphatic carbocycles. The molecule has 0 N–H and O–H groups in total. The van der Waals surface area contributed by atoms with Crippen molar-refractivity contribution in [2.24, 2.45) is 5.92 Å². The molecule has 1 unspecified atom stereocenters. The fraction of sp³-hybridized carbons (Fsp3) is 0.576. The number of imidazole rings is 1. The molecule has 3 aromatic rings. The van der Waals surface area contributed by atoms with Crippen LogP contribution in [0.2, 0.25) is 0 Å². The van der Waals surface area contributed by atoms with E-state index < -0.39 is 0 Å². The Labute approximate surface area is 229 Å². The minimum Gasteiger partial charge on any atom is -0.383 e. The normalized spacial score (nSPS) is 19.2. The van der Waals surface area contributed by atoms with Gasteiger partial charge in [0.2, 0.25) is 0 Å². The van der Waals surface area contributed by atoms with E-state index in [0.29, 0.717) is 12.6 Å². The molecule has 0 bridgehead atoms. The lowest BCUT2D eigenvalue weighted by molar-refractivity contribution is 0.0724. The first kappa shape index (κ1) is 27.1. The van der Waals surface area contributed by atoms with Gasteiger partial charge in [-0.3, -0.25) is 9.88 Å².